The summed E-state index contributed by atoms with van der Waals surface area (Å²) >= 11 is 0. The lowest BCUT2D eigenvalue weighted by atomic mass is 9.96. The molecule has 19 heavy (non-hydrogen) atoms. The van der Waals surface area contributed by atoms with E-state index < -0.39 is 0 Å². The first-order valence-electron chi connectivity index (χ1n) is 7.12. The summed E-state index contributed by atoms with van der Waals surface area (Å²) in [7, 11) is 0. The quantitative estimate of drug-likeness (QED) is 0.906. The molecule has 1 fully saturated rings. The van der Waals surface area contributed by atoms with Crippen LogP contribution in [0.15, 0.2) is 18.2 Å². The van der Waals surface area contributed by atoms with Crippen LogP contribution in [0.1, 0.15) is 31.7 Å². The van der Waals surface area contributed by atoms with Gasteiger partial charge in [0.05, 0.1) is 0 Å². The molecule has 3 rings (SSSR count). The van der Waals surface area contributed by atoms with Crippen molar-refractivity contribution in [1.82, 2.24) is 4.90 Å². The molecule has 4 heteroatoms. The van der Waals surface area contributed by atoms with E-state index >= 15 is 0 Å². The van der Waals surface area contributed by atoms with Gasteiger partial charge in [-0.05, 0) is 44.0 Å². The predicted octanol–water partition coefficient (Wildman–Crippen LogP) is 2.12. The third-order valence-corrected chi connectivity index (χ3v) is 4.09. The van der Waals surface area contributed by atoms with Gasteiger partial charge in [-0.2, -0.15) is 0 Å². The Morgan fingerprint density at radius 1 is 1.32 bits per heavy atom. The number of rotatable bonds is 3. The van der Waals surface area contributed by atoms with Crippen LogP contribution >= 0.6 is 0 Å². The van der Waals surface area contributed by atoms with Crippen LogP contribution < -0.4 is 15.2 Å². The maximum absolute atomic E-state index is 6.12. The van der Waals surface area contributed by atoms with Crippen molar-refractivity contribution >= 4 is 0 Å². The molecule has 2 N–H and O–H groups in total. The van der Waals surface area contributed by atoms with E-state index in [1.165, 1.54) is 24.8 Å². The first-order chi connectivity index (χ1) is 9.24. The number of likely N-dealkylation sites (tertiary alicyclic amines) is 1. The van der Waals surface area contributed by atoms with Gasteiger partial charge in [-0.15, -0.1) is 0 Å². The van der Waals surface area contributed by atoms with Gasteiger partial charge in [0.2, 0.25) is 6.79 Å². The molecule has 2 aliphatic rings. The number of hydrogen-bond acceptors (Lipinski definition) is 4. The maximum Gasteiger partial charge on any atom is 0.231 e. The van der Waals surface area contributed by atoms with Crippen molar-refractivity contribution in [2.75, 3.05) is 13.3 Å². The molecule has 0 spiro atoms. The van der Waals surface area contributed by atoms with Gasteiger partial charge in [-0.1, -0.05) is 12.5 Å². The molecule has 0 bridgehead atoms. The molecule has 1 saturated heterocycles. The van der Waals surface area contributed by atoms with Crippen molar-refractivity contribution in [3.63, 3.8) is 0 Å². The van der Waals surface area contributed by atoms with E-state index in [0.717, 1.165) is 24.6 Å². The van der Waals surface area contributed by atoms with Gasteiger partial charge < -0.3 is 15.2 Å². The highest BCUT2D eigenvalue weighted by Gasteiger charge is 2.25. The van der Waals surface area contributed by atoms with E-state index in [0.29, 0.717) is 12.8 Å². The average molecular weight is 262 g/mol. The minimum atomic E-state index is 0.231. The highest BCUT2D eigenvalue weighted by atomic mass is 16.7. The first-order valence-corrected chi connectivity index (χ1v) is 7.12. The molecule has 0 amide bonds. The third kappa shape index (κ3) is 2.69. The van der Waals surface area contributed by atoms with Crippen LogP contribution in [0.25, 0.3) is 0 Å². The van der Waals surface area contributed by atoms with Crippen LogP contribution in [-0.2, 0) is 6.54 Å². The second-order valence-corrected chi connectivity index (χ2v) is 5.58. The van der Waals surface area contributed by atoms with Gasteiger partial charge >= 0.3 is 0 Å². The summed E-state index contributed by atoms with van der Waals surface area (Å²) in [4.78, 5) is 2.51. The lowest BCUT2D eigenvalue weighted by Gasteiger charge is -2.38. The number of fused-ring (bicyclic) bond motifs is 1. The zero-order valence-corrected chi connectivity index (χ0v) is 11.5. The number of piperidine rings is 1. The number of nitrogens with zero attached hydrogens (tertiary/aromatic N) is 1. The molecule has 0 aromatic heterocycles. The molecule has 4 nitrogen and oxygen atoms in total. The van der Waals surface area contributed by atoms with Crippen molar-refractivity contribution in [2.24, 2.45) is 5.73 Å². The second kappa shape index (κ2) is 5.39. The minimum absolute atomic E-state index is 0.231. The fraction of sp³-hybridized carbons (Fsp3) is 0.600. The molecule has 2 heterocycles. The van der Waals surface area contributed by atoms with Crippen molar-refractivity contribution < 1.29 is 9.47 Å². The molecule has 0 radical (unpaired) electrons. The van der Waals surface area contributed by atoms with E-state index in [1.54, 1.807) is 0 Å². The Bertz CT molecular complexity index is 448. The van der Waals surface area contributed by atoms with E-state index in [9.17, 15) is 0 Å². The fourth-order valence-corrected chi connectivity index (χ4v) is 3.08. The smallest absolute Gasteiger partial charge is 0.231 e. The highest BCUT2D eigenvalue weighted by Crippen LogP contribution is 2.33. The summed E-state index contributed by atoms with van der Waals surface area (Å²) < 4.78 is 10.8. The lowest BCUT2D eigenvalue weighted by molar-refractivity contribution is 0.123. The molecular formula is C15H22N2O2. The minimum Gasteiger partial charge on any atom is -0.454 e. The normalized spacial score (nSPS) is 24.4. The third-order valence-electron chi connectivity index (χ3n) is 4.09. The van der Waals surface area contributed by atoms with Gasteiger partial charge in [-0.25, -0.2) is 0 Å². The Kier molecular flexibility index (Phi) is 3.62. The van der Waals surface area contributed by atoms with Crippen molar-refractivity contribution in [3.05, 3.63) is 23.8 Å². The molecular weight excluding hydrogens is 240 g/mol. The van der Waals surface area contributed by atoms with Gasteiger partial charge in [0.15, 0.2) is 11.5 Å². The Morgan fingerprint density at radius 3 is 3.00 bits per heavy atom. The first kappa shape index (κ1) is 12.8. The monoisotopic (exact) mass is 262 g/mol. The van der Waals surface area contributed by atoms with Crippen LogP contribution in [0.3, 0.4) is 0 Å². The summed E-state index contributed by atoms with van der Waals surface area (Å²) in [5, 5.41) is 0. The molecule has 1 aromatic carbocycles. The molecule has 2 unspecified atom stereocenters. The number of benzene rings is 1. The Morgan fingerprint density at radius 2 is 2.16 bits per heavy atom. The van der Waals surface area contributed by atoms with Crippen LogP contribution in [-0.4, -0.2) is 30.3 Å². The van der Waals surface area contributed by atoms with Gasteiger partial charge in [-0.3, -0.25) is 4.90 Å². The highest BCUT2D eigenvalue weighted by molar-refractivity contribution is 5.44. The van der Waals surface area contributed by atoms with Crippen LogP contribution in [0.4, 0.5) is 0 Å². The maximum atomic E-state index is 6.12. The Labute approximate surface area is 114 Å². The van der Waals surface area contributed by atoms with Crippen LogP contribution in [0.2, 0.25) is 0 Å². The van der Waals surface area contributed by atoms with Gasteiger partial charge in [0.25, 0.3) is 0 Å². The molecule has 2 atom stereocenters. The summed E-state index contributed by atoms with van der Waals surface area (Å²) in [6, 6.07) is 6.95. The standard InChI is InChI=1S/C15H22N2O2/c1-11(16)13-4-2-3-7-17(13)9-12-5-6-14-15(8-12)19-10-18-14/h5-6,8,11,13H,2-4,7,9-10,16H2,1H3. The molecule has 0 aliphatic carbocycles. The predicted molar refractivity (Wildman–Crippen MR) is 74.3 cm³/mol. The van der Waals surface area contributed by atoms with Crippen molar-refractivity contribution in [3.8, 4) is 11.5 Å². The Balaban J connectivity index is 1.72. The molecule has 2 aliphatic heterocycles. The fourth-order valence-electron chi connectivity index (χ4n) is 3.08. The van der Waals surface area contributed by atoms with E-state index in [1.807, 2.05) is 6.07 Å². The van der Waals surface area contributed by atoms with Crippen molar-refractivity contribution in [2.45, 2.75) is 44.8 Å². The van der Waals surface area contributed by atoms with Gasteiger partial charge in [0.1, 0.15) is 0 Å². The number of hydrogen-bond donors (Lipinski definition) is 1. The van der Waals surface area contributed by atoms with E-state index in [4.69, 9.17) is 15.2 Å². The SMILES string of the molecule is CC(N)C1CCCCN1Cc1ccc2c(c1)OCO2. The zero-order chi connectivity index (χ0) is 13.2. The van der Waals surface area contributed by atoms with Gasteiger partial charge in [0, 0.05) is 18.6 Å². The Hall–Kier alpha value is -1.26. The topological polar surface area (TPSA) is 47.7 Å². The second-order valence-electron chi connectivity index (χ2n) is 5.58. The number of ether oxygens (including phenoxy) is 2. The lowest BCUT2D eigenvalue weighted by Crippen LogP contribution is -2.48. The number of nitrogens with two attached hydrogens (primary N) is 1. The summed E-state index contributed by atoms with van der Waals surface area (Å²) in [5.41, 5.74) is 7.39. The van der Waals surface area contributed by atoms with E-state index in [2.05, 4.69) is 24.0 Å². The molecule has 104 valence electrons. The average Bonchev–Trinajstić information content (AvgIpc) is 2.86. The molecule has 1 aromatic rings. The largest absolute Gasteiger partial charge is 0.454 e. The zero-order valence-electron chi connectivity index (χ0n) is 11.5. The summed E-state index contributed by atoms with van der Waals surface area (Å²) in [6.45, 7) is 4.54. The molecule has 0 saturated carbocycles. The summed E-state index contributed by atoms with van der Waals surface area (Å²) in [6.07, 6.45) is 3.78. The van der Waals surface area contributed by atoms with E-state index in [-0.39, 0.29) is 6.04 Å². The van der Waals surface area contributed by atoms with Crippen LogP contribution in [0.5, 0.6) is 11.5 Å². The summed E-state index contributed by atoms with van der Waals surface area (Å²) in [5.74, 6) is 1.72. The van der Waals surface area contributed by atoms with Crippen LogP contribution in [0, 0.1) is 0 Å². The van der Waals surface area contributed by atoms with Crippen molar-refractivity contribution in [1.29, 1.82) is 0 Å².